The molecule has 78 heavy (non-hydrogen) atoms. The molecule has 0 saturated carbocycles. The van der Waals surface area contributed by atoms with Gasteiger partial charge in [-0.1, -0.05) is 279 Å². The van der Waals surface area contributed by atoms with Gasteiger partial charge in [0.25, 0.3) is 0 Å². The number of quaternary nitrogens is 1. The second-order valence-corrected chi connectivity index (χ2v) is 24.2. The molecule has 0 aromatic carbocycles. The van der Waals surface area contributed by atoms with Gasteiger partial charge >= 0.3 is 13.8 Å². The summed E-state index contributed by atoms with van der Waals surface area (Å²) in [4.78, 5) is 37.7. The predicted octanol–water partition coefficient (Wildman–Crippen LogP) is 19.9. The van der Waals surface area contributed by atoms with Crippen LogP contribution in [0, 0.1) is 0 Å². The van der Waals surface area contributed by atoms with E-state index in [4.69, 9.17) is 13.8 Å². The van der Waals surface area contributed by atoms with Crippen molar-refractivity contribution in [2.24, 2.45) is 0 Å². The average molecular weight is 1110 g/mol. The van der Waals surface area contributed by atoms with Gasteiger partial charge in [-0.3, -0.25) is 18.6 Å². The van der Waals surface area contributed by atoms with E-state index in [0.717, 1.165) is 64.2 Å². The lowest BCUT2D eigenvalue weighted by atomic mass is 10.0. The number of hydrogen-bond acceptors (Lipinski definition) is 6. The van der Waals surface area contributed by atoms with Crippen molar-refractivity contribution in [3.63, 3.8) is 0 Å². The lowest BCUT2D eigenvalue weighted by molar-refractivity contribution is -0.870. The number of esters is 1. The Morgan fingerprint density at radius 2 is 0.833 bits per heavy atom. The first-order chi connectivity index (χ1) is 37.9. The Labute approximate surface area is 481 Å². The summed E-state index contributed by atoms with van der Waals surface area (Å²) in [5.41, 5.74) is 0. The quantitative estimate of drug-likeness (QED) is 0.0156. The number of nitrogens with one attached hydrogen (secondary N) is 1. The summed E-state index contributed by atoms with van der Waals surface area (Å²) in [7, 11) is 1.46. The van der Waals surface area contributed by atoms with Gasteiger partial charge in [0.15, 0.2) is 0 Å². The Hall–Kier alpha value is -3.07. The van der Waals surface area contributed by atoms with Crippen molar-refractivity contribution in [3.8, 4) is 0 Å². The molecule has 0 radical (unpaired) electrons. The van der Waals surface area contributed by atoms with Crippen LogP contribution in [0.3, 0.4) is 0 Å². The first-order valence-electron chi connectivity index (χ1n) is 32.1. The van der Waals surface area contributed by atoms with E-state index in [1.165, 1.54) is 167 Å². The minimum atomic E-state index is -4.47. The van der Waals surface area contributed by atoms with Gasteiger partial charge < -0.3 is 19.4 Å². The van der Waals surface area contributed by atoms with E-state index in [1.54, 1.807) is 0 Å². The van der Waals surface area contributed by atoms with Crippen LogP contribution in [0.2, 0.25) is 0 Å². The highest BCUT2D eigenvalue weighted by Crippen LogP contribution is 2.43. The molecule has 0 aromatic rings. The van der Waals surface area contributed by atoms with Gasteiger partial charge in [0.2, 0.25) is 5.91 Å². The fraction of sp³-hybridized carbons (Fsp3) is 0.735. The van der Waals surface area contributed by atoms with Crippen molar-refractivity contribution in [2.45, 2.75) is 283 Å². The fourth-order valence-corrected chi connectivity index (χ4v) is 9.70. The highest BCUT2D eigenvalue weighted by molar-refractivity contribution is 7.47. The average Bonchev–Trinajstić information content (AvgIpc) is 3.40. The SMILES string of the molecule is CC\C=C/C=C/C=C/C=C\C=C\C=C\CCCCCC(=O)NC(COP(=O)(O)OCC[N+](C)(C)C)C(/C=C\CCCCCCCCCCCC)OC(=O)CCCCCCCCCCCCCCC/C=C/CCCCCCCC. The second kappa shape index (κ2) is 57.2. The predicted molar refractivity (Wildman–Crippen MR) is 337 cm³/mol. The van der Waals surface area contributed by atoms with Crippen LogP contribution in [0.4, 0.5) is 0 Å². The van der Waals surface area contributed by atoms with Gasteiger partial charge in [0.1, 0.15) is 19.3 Å². The largest absolute Gasteiger partial charge is 0.472 e. The molecule has 0 aromatic heterocycles. The van der Waals surface area contributed by atoms with Gasteiger partial charge in [-0.2, -0.15) is 0 Å². The van der Waals surface area contributed by atoms with E-state index in [1.807, 2.05) is 94.1 Å². The molecule has 0 fully saturated rings. The third kappa shape index (κ3) is 57.6. The summed E-state index contributed by atoms with van der Waals surface area (Å²) in [5, 5.41) is 3.03. The Balaban J connectivity index is 5.24. The van der Waals surface area contributed by atoms with Gasteiger partial charge in [0, 0.05) is 12.8 Å². The molecule has 0 rings (SSSR count). The number of allylic oxidation sites excluding steroid dienone is 15. The molecule has 3 unspecified atom stereocenters. The minimum absolute atomic E-state index is 0.0270. The van der Waals surface area contributed by atoms with Crippen molar-refractivity contribution < 1.29 is 37.3 Å². The van der Waals surface area contributed by atoms with Crippen molar-refractivity contribution in [1.29, 1.82) is 0 Å². The Kier molecular flexibility index (Phi) is 54.9. The van der Waals surface area contributed by atoms with Gasteiger partial charge in [0.05, 0.1) is 33.8 Å². The lowest BCUT2D eigenvalue weighted by Crippen LogP contribution is -2.47. The van der Waals surface area contributed by atoms with E-state index in [9.17, 15) is 19.0 Å². The number of unbranched alkanes of at least 4 members (excludes halogenated alkanes) is 32. The molecular formula is C68H122N2O7P+. The molecule has 0 aliphatic heterocycles. The standard InChI is InChI=1S/C68H121N2O7P/c1-7-10-13-16-19-22-25-28-30-32-33-34-35-36-37-39-41-43-46-49-52-55-58-61-68(72)77-66(59-56-53-50-47-44-27-24-21-18-15-12-9-3)65(64-76-78(73,74)75-63-62-70(4,5)6)69-67(71)60-57-54-51-48-45-42-40-38-31-29-26-23-20-17-14-11-8-2/h11,14,17,20,23,26,28-31,38,40,42,45,56,59,65-66H,7-10,12-13,15-16,18-19,21-22,24-25,27,32-37,39,41,43-44,46-55,57-58,60-64H2,1-6H3,(H-,69,71,73,74)/p+1/b14-11-,20-17+,26-23+,30-28+,31-29-,40-38+,45-42+,59-56-. The smallest absolute Gasteiger partial charge is 0.456 e. The summed E-state index contributed by atoms with van der Waals surface area (Å²) in [6, 6.07) is -0.877. The van der Waals surface area contributed by atoms with Crippen LogP contribution in [-0.4, -0.2) is 74.3 Å². The van der Waals surface area contributed by atoms with E-state index in [-0.39, 0.29) is 37.9 Å². The normalized spacial score (nSPS) is 14.3. The van der Waals surface area contributed by atoms with Gasteiger partial charge in [-0.15, -0.1) is 0 Å². The molecule has 450 valence electrons. The number of carbonyl (C=O) groups excluding carboxylic acids is 2. The first-order valence-corrected chi connectivity index (χ1v) is 33.6. The third-order valence-corrected chi connectivity index (χ3v) is 14.9. The number of amides is 1. The Bertz CT molecular complexity index is 1660. The molecule has 10 heteroatoms. The van der Waals surface area contributed by atoms with Crippen molar-refractivity contribution in [3.05, 3.63) is 97.2 Å². The van der Waals surface area contributed by atoms with Gasteiger partial charge in [-0.25, -0.2) is 4.57 Å². The molecular weight excluding hydrogens is 988 g/mol. The highest BCUT2D eigenvalue weighted by atomic mass is 31.2. The van der Waals surface area contributed by atoms with Gasteiger partial charge in [-0.05, 0) is 76.7 Å². The molecule has 0 aliphatic carbocycles. The van der Waals surface area contributed by atoms with Crippen LogP contribution in [0.25, 0.3) is 0 Å². The van der Waals surface area contributed by atoms with Crippen molar-refractivity contribution in [1.82, 2.24) is 5.32 Å². The minimum Gasteiger partial charge on any atom is -0.456 e. The summed E-state index contributed by atoms with van der Waals surface area (Å²) in [5.74, 6) is -0.556. The van der Waals surface area contributed by atoms with Crippen LogP contribution in [0.15, 0.2) is 97.2 Å². The summed E-state index contributed by atoms with van der Waals surface area (Å²) >= 11 is 0. The number of carbonyl (C=O) groups is 2. The van der Waals surface area contributed by atoms with Crippen LogP contribution in [0.5, 0.6) is 0 Å². The third-order valence-electron chi connectivity index (χ3n) is 13.9. The first kappa shape index (κ1) is 74.9. The van der Waals surface area contributed by atoms with Crippen LogP contribution in [0.1, 0.15) is 271 Å². The number of rotatable bonds is 57. The molecule has 0 aliphatic rings. The molecule has 2 N–H and O–H groups in total. The van der Waals surface area contributed by atoms with Crippen LogP contribution < -0.4 is 5.32 Å². The second-order valence-electron chi connectivity index (χ2n) is 22.7. The van der Waals surface area contributed by atoms with E-state index >= 15 is 0 Å². The zero-order valence-corrected chi connectivity index (χ0v) is 52.3. The Morgan fingerprint density at radius 3 is 1.28 bits per heavy atom. The van der Waals surface area contributed by atoms with E-state index < -0.39 is 20.0 Å². The van der Waals surface area contributed by atoms with E-state index in [0.29, 0.717) is 17.4 Å². The summed E-state index contributed by atoms with van der Waals surface area (Å²) < 4.78 is 30.7. The molecule has 9 nitrogen and oxygen atoms in total. The molecule has 0 heterocycles. The maximum Gasteiger partial charge on any atom is 0.472 e. The molecule has 0 bridgehead atoms. The number of phosphoric acid groups is 1. The van der Waals surface area contributed by atoms with Crippen molar-refractivity contribution >= 4 is 19.7 Å². The monoisotopic (exact) mass is 1110 g/mol. The highest BCUT2D eigenvalue weighted by Gasteiger charge is 2.30. The zero-order valence-electron chi connectivity index (χ0n) is 51.4. The topological polar surface area (TPSA) is 111 Å². The number of likely N-dealkylation sites (N-methyl/N-ethyl adjacent to an activating group) is 1. The Morgan fingerprint density at radius 1 is 0.462 bits per heavy atom. The zero-order chi connectivity index (χ0) is 57.2. The number of ether oxygens (including phenoxy) is 1. The molecule has 3 atom stereocenters. The number of nitrogens with zero attached hydrogens (tertiary/aromatic N) is 1. The number of phosphoric ester groups is 1. The lowest BCUT2D eigenvalue weighted by Gasteiger charge is -2.27. The van der Waals surface area contributed by atoms with E-state index in [2.05, 4.69) is 50.4 Å². The van der Waals surface area contributed by atoms with Crippen LogP contribution in [-0.2, 0) is 27.9 Å². The fourth-order valence-electron chi connectivity index (χ4n) is 8.97. The molecule has 0 spiro atoms. The summed E-state index contributed by atoms with van der Waals surface area (Å²) in [6.07, 6.45) is 77.0. The van der Waals surface area contributed by atoms with Crippen LogP contribution >= 0.6 is 7.82 Å². The number of hydrogen-bond donors (Lipinski definition) is 2. The maximum absolute atomic E-state index is 13.5. The molecule has 0 saturated heterocycles. The summed E-state index contributed by atoms with van der Waals surface area (Å²) in [6.45, 7) is 6.83. The molecule has 1 amide bonds. The maximum atomic E-state index is 13.5. The van der Waals surface area contributed by atoms with Crippen molar-refractivity contribution in [2.75, 3.05) is 40.9 Å².